The Hall–Kier alpha value is -2.28. The zero-order chi connectivity index (χ0) is 14.7. The van der Waals surface area contributed by atoms with Crippen LogP contribution in [0.1, 0.15) is 11.3 Å². The van der Waals surface area contributed by atoms with E-state index >= 15 is 0 Å². The van der Waals surface area contributed by atoms with Gasteiger partial charge in [-0.3, -0.25) is 9.78 Å². The van der Waals surface area contributed by atoms with E-state index in [9.17, 15) is 0 Å². The Morgan fingerprint density at radius 3 is 2.71 bits per heavy atom. The van der Waals surface area contributed by atoms with E-state index in [4.69, 9.17) is 0 Å². The standard InChI is InChI=1S/C14H16N6S/c1-10-11(8-18-20(10)2)7-15-12-3-5-13(6-4-12)21-14-16-9-17-19-14/h3-6,8-9,15H,7H2,1-2H3,(H,16,17,19). The van der Waals surface area contributed by atoms with E-state index in [2.05, 4.69) is 56.8 Å². The second-order valence-corrected chi connectivity index (χ2v) is 5.71. The molecule has 2 heterocycles. The van der Waals surface area contributed by atoms with E-state index in [-0.39, 0.29) is 0 Å². The highest BCUT2D eigenvalue weighted by molar-refractivity contribution is 7.99. The summed E-state index contributed by atoms with van der Waals surface area (Å²) < 4.78 is 1.88. The fourth-order valence-electron chi connectivity index (χ4n) is 1.91. The zero-order valence-corrected chi connectivity index (χ0v) is 12.7. The quantitative estimate of drug-likeness (QED) is 0.758. The maximum absolute atomic E-state index is 4.24. The van der Waals surface area contributed by atoms with Gasteiger partial charge in [0, 0.05) is 35.4 Å². The summed E-state index contributed by atoms with van der Waals surface area (Å²) in [5.74, 6) is 0. The van der Waals surface area contributed by atoms with Gasteiger partial charge in [0.2, 0.25) is 0 Å². The summed E-state index contributed by atoms with van der Waals surface area (Å²) in [6.07, 6.45) is 3.41. The number of aryl methyl sites for hydroxylation is 1. The lowest BCUT2D eigenvalue weighted by molar-refractivity contribution is 0.738. The van der Waals surface area contributed by atoms with Crippen molar-refractivity contribution in [1.82, 2.24) is 25.0 Å². The Morgan fingerprint density at radius 2 is 2.10 bits per heavy atom. The summed E-state index contributed by atoms with van der Waals surface area (Å²) in [5, 5.41) is 15.1. The van der Waals surface area contributed by atoms with Crippen LogP contribution in [0.15, 0.2) is 46.8 Å². The predicted octanol–water partition coefficient (Wildman–Crippen LogP) is 2.61. The Bertz CT molecular complexity index is 702. The molecule has 0 atom stereocenters. The van der Waals surface area contributed by atoms with Crippen molar-refractivity contribution < 1.29 is 0 Å². The van der Waals surface area contributed by atoms with Crippen LogP contribution in [0.25, 0.3) is 0 Å². The molecule has 1 aromatic carbocycles. The van der Waals surface area contributed by atoms with Crippen molar-refractivity contribution in [2.45, 2.75) is 23.5 Å². The molecule has 7 heteroatoms. The molecule has 0 saturated heterocycles. The average molecular weight is 300 g/mol. The van der Waals surface area contributed by atoms with E-state index in [1.165, 1.54) is 17.6 Å². The van der Waals surface area contributed by atoms with Crippen molar-refractivity contribution in [2.75, 3.05) is 5.32 Å². The number of aromatic amines is 1. The highest BCUT2D eigenvalue weighted by Gasteiger charge is 2.04. The van der Waals surface area contributed by atoms with Crippen LogP contribution in [0, 0.1) is 6.92 Å². The van der Waals surface area contributed by atoms with Gasteiger partial charge in [-0.05, 0) is 31.2 Å². The third-order valence-corrected chi connectivity index (χ3v) is 4.18. The van der Waals surface area contributed by atoms with Crippen LogP contribution in [0.4, 0.5) is 5.69 Å². The Morgan fingerprint density at radius 1 is 1.29 bits per heavy atom. The Labute approximate surface area is 127 Å². The first-order valence-corrected chi connectivity index (χ1v) is 7.38. The van der Waals surface area contributed by atoms with Gasteiger partial charge < -0.3 is 5.32 Å². The third-order valence-electron chi connectivity index (χ3n) is 3.28. The van der Waals surface area contributed by atoms with Crippen LogP contribution in [-0.4, -0.2) is 25.0 Å². The van der Waals surface area contributed by atoms with Gasteiger partial charge in [0.05, 0.1) is 6.20 Å². The molecule has 108 valence electrons. The number of rotatable bonds is 5. The SMILES string of the molecule is Cc1c(CNc2ccc(Sc3ncn[nH]3)cc2)cnn1C. The smallest absolute Gasteiger partial charge is 0.188 e. The molecule has 6 nitrogen and oxygen atoms in total. The minimum absolute atomic E-state index is 0.772. The number of nitrogens with zero attached hydrogens (tertiary/aromatic N) is 4. The van der Waals surface area contributed by atoms with Gasteiger partial charge in [0.1, 0.15) is 6.33 Å². The molecule has 0 bridgehead atoms. The zero-order valence-electron chi connectivity index (χ0n) is 11.9. The normalized spacial score (nSPS) is 10.8. The summed E-state index contributed by atoms with van der Waals surface area (Å²) >= 11 is 1.55. The molecule has 0 radical (unpaired) electrons. The summed E-state index contributed by atoms with van der Waals surface area (Å²) in [6.45, 7) is 2.84. The summed E-state index contributed by atoms with van der Waals surface area (Å²) in [5.41, 5.74) is 3.47. The molecular formula is C14H16N6S. The molecule has 0 amide bonds. The molecule has 0 unspecified atom stereocenters. The summed E-state index contributed by atoms with van der Waals surface area (Å²) in [6, 6.07) is 8.24. The number of hydrogen-bond donors (Lipinski definition) is 2. The molecule has 0 aliphatic carbocycles. The Kier molecular flexibility index (Phi) is 3.92. The Balaban J connectivity index is 1.60. The summed E-state index contributed by atoms with van der Waals surface area (Å²) in [7, 11) is 1.95. The first kappa shape index (κ1) is 13.7. The maximum Gasteiger partial charge on any atom is 0.188 e. The van der Waals surface area contributed by atoms with Crippen molar-refractivity contribution in [2.24, 2.45) is 7.05 Å². The van der Waals surface area contributed by atoms with Crippen molar-refractivity contribution in [3.8, 4) is 0 Å². The van der Waals surface area contributed by atoms with Crippen molar-refractivity contribution in [3.63, 3.8) is 0 Å². The fourth-order valence-corrected chi connectivity index (χ4v) is 2.60. The highest BCUT2D eigenvalue weighted by atomic mass is 32.2. The van der Waals surface area contributed by atoms with Gasteiger partial charge >= 0.3 is 0 Å². The van der Waals surface area contributed by atoms with Crippen molar-refractivity contribution >= 4 is 17.4 Å². The number of nitrogens with one attached hydrogen (secondary N) is 2. The molecule has 2 N–H and O–H groups in total. The first-order valence-electron chi connectivity index (χ1n) is 6.57. The average Bonchev–Trinajstić information content (AvgIpc) is 3.11. The largest absolute Gasteiger partial charge is 0.381 e. The molecule has 0 aliphatic rings. The molecule has 2 aromatic heterocycles. The van der Waals surface area contributed by atoms with Crippen LogP contribution in [0.2, 0.25) is 0 Å². The minimum Gasteiger partial charge on any atom is -0.381 e. The van der Waals surface area contributed by atoms with Gasteiger partial charge in [-0.2, -0.15) is 10.2 Å². The van der Waals surface area contributed by atoms with Gasteiger partial charge in [-0.1, -0.05) is 11.8 Å². The second-order valence-electron chi connectivity index (χ2n) is 4.65. The minimum atomic E-state index is 0.772. The molecule has 3 aromatic rings. The monoisotopic (exact) mass is 300 g/mol. The lowest BCUT2D eigenvalue weighted by atomic mass is 10.2. The van der Waals surface area contributed by atoms with Crippen LogP contribution in [-0.2, 0) is 13.6 Å². The lowest BCUT2D eigenvalue weighted by Crippen LogP contribution is -2.01. The highest BCUT2D eigenvalue weighted by Crippen LogP contribution is 2.25. The molecule has 0 spiro atoms. The van der Waals surface area contributed by atoms with Crippen LogP contribution >= 0.6 is 11.8 Å². The van der Waals surface area contributed by atoms with Gasteiger partial charge in [-0.15, -0.1) is 0 Å². The van der Waals surface area contributed by atoms with Crippen LogP contribution in [0.3, 0.4) is 0 Å². The number of H-pyrrole nitrogens is 1. The molecular weight excluding hydrogens is 284 g/mol. The number of aromatic nitrogens is 5. The lowest BCUT2D eigenvalue weighted by Gasteiger charge is -2.07. The van der Waals surface area contributed by atoms with Crippen molar-refractivity contribution in [3.05, 3.63) is 48.0 Å². The van der Waals surface area contributed by atoms with Gasteiger partial charge in [0.15, 0.2) is 5.16 Å². The first-order chi connectivity index (χ1) is 10.2. The number of anilines is 1. The van der Waals surface area contributed by atoms with E-state index in [1.807, 2.05) is 17.9 Å². The molecule has 0 aliphatic heterocycles. The third kappa shape index (κ3) is 3.25. The van der Waals surface area contributed by atoms with Gasteiger partial charge in [0.25, 0.3) is 0 Å². The van der Waals surface area contributed by atoms with Crippen molar-refractivity contribution in [1.29, 1.82) is 0 Å². The second kappa shape index (κ2) is 6.01. The number of hydrogen-bond acceptors (Lipinski definition) is 5. The van der Waals surface area contributed by atoms with Crippen LogP contribution < -0.4 is 5.32 Å². The predicted molar refractivity (Wildman–Crippen MR) is 82.2 cm³/mol. The van der Waals surface area contributed by atoms with E-state index < -0.39 is 0 Å². The van der Waals surface area contributed by atoms with E-state index in [1.54, 1.807) is 11.8 Å². The summed E-state index contributed by atoms with van der Waals surface area (Å²) in [4.78, 5) is 5.21. The van der Waals surface area contributed by atoms with Crippen LogP contribution in [0.5, 0.6) is 0 Å². The number of benzene rings is 1. The topological polar surface area (TPSA) is 71.4 Å². The van der Waals surface area contributed by atoms with E-state index in [0.29, 0.717) is 0 Å². The van der Waals surface area contributed by atoms with E-state index in [0.717, 1.165) is 22.3 Å². The molecule has 0 saturated carbocycles. The van der Waals surface area contributed by atoms with Gasteiger partial charge in [-0.25, -0.2) is 4.98 Å². The molecule has 0 fully saturated rings. The maximum atomic E-state index is 4.24. The molecule has 21 heavy (non-hydrogen) atoms. The fraction of sp³-hybridized carbons (Fsp3) is 0.214. The molecule has 3 rings (SSSR count).